The van der Waals surface area contributed by atoms with E-state index in [1.807, 2.05) is 18.2 Å². The van der Waals surface area contributed by atoms with Crippen LogP contribution in [0.15, 0.2) is 96.6 Å². The first-order valence-corrected chi connectivity index (χ1v) is 10.9. The van der Waals surface area contributed by atoms with Gasteiger partial charge in [0.2, 0.25) is 0 Å². The molecule has 31 heavy (non-hydrogen) atoms. The number of halogens is 1. The molecular formula is C29H20ClN. The number of nitrogens with one attached hydrogen (secondary N) is 1. The van der Waals surface area contributed by atoms with Crippen LogP contribution in [0.4, 0.5) is 0 Å². The molecule has 0 atom stereocenters. The Kier molecular flexibility index (Phi) is 4.29. The van der Waals surface area contributed by atoms with Crippen LogP contribution in [0.25, 0.3) is 44.6 Å². The first kappa shape index (κ1) is 18.2. The molecule has 1 nitrogen and oxygen atoms in total. The van der Waals surface area contributed by atoms with Gasteiger partial charge in [0.15, 0.2) is 0 Å². The molecular weight excluding hydrogens is 398 g/mol. The largest absolute Gasteiger partial charge is 0.355 e. The van der Waals surface area contributed by atoms with E-state index in [0.717, 1.165) is 28.0 Å². The minimum atomic E-state index is 0.759. The first-order valence-electron chi connectivity index (χ1n) is 10.5. The van der Waals surface area contributed by atoms with E-state index in [9.17, 15) is 0 Å². The van der Waals surface area contributed by atoms with Crippen molar-refractivity contribution in [1.82, 2.24) is 4.98 Å². The number of hydrogen-bond donors (Lipinski definition) is 1. The third-order valence-electron chi connectivity index (χ3n) is 6.14. The van der Waals surface area contributed by atoms with Gasteiger partial charge >= 0.3 is 0 Å². The van der Waals surface area contributed by atoms with Gasteiger partial charge in [0.25, 0.3) is 0 Å². The van der Waals surface area contributed by atoms with E-state index in [2.05, 4.69) is 90.0 Å². The zero-order valence-electron chi connectivity index (χ0n) is 16.9. The van der Waals surface area contributed by atoms with E-state index in [0.29, 0.717) is 0 Å². The lowest BCUT2D eigenvalue weighted by Gasteiger charge is -2.10. The smallest absolute Gasteiger partial charge is 0.0465 e. The van der Waals surface area contributed by atoms with Gasteiger partial charge in [-0.25, -0.2) is 0 Å². The third-order valence-corrected chi connectivity index (χ3v) is 6.38. The van der Waals surface area contributed by atoms with E-state index in [1.165, 1.54) is 38.2 Å². The maximum absolute atomic E-state index is 6.23. The van der Waals surface area contributed by atoms with Crippen LogP contribution in [-0.2, 0) is 6.42 Å². The van der Waals surface area contributed by atoms with Gasteiger partial charge < -0.3 is 4.98 Å². The van der Waals surface area contributed by atoms with Crippen molar-refractivity contribution in [3.05, 3.63) is 118 Å². The quantitative estimate of drug-likeness (QED) is 0.278. The monoisotopic (exact) mass is 417 g/mol. The first-order chi connectivity index (χ1) is 15.3. The lowest BCUT2D eigenvalue weighted by atomic mass is 9.94. The maximum Gasteiger partial charge on any atom is 0.0465 e. The van der Waals surface area contributed by atoms with Gasteiger partial charge in [-0.2, -0.15) is 0 Å². The second-order valence-electron chi connectivity index (χ2n) is 8.01. The number of benzene rings is 4. The topological polar surface area (TPSA) is 15.8 Å². The van der Waals surface area contributed by atoms with Gasteiger partial charge in [0.05, 0.1) is 0 Å². The summed E-state index contributed by atoms with van der Waals surface area (Å²) in [7, 11) is 0. The minimum Gasteiger partial charge on any atom is -0.355 e. The summed E-state index contributed by atoms with van der Waals surface area (Å²) in [5.74, 6) is 0. The maximum atomic E-state index is 6.23. The van der Waals surface area contributed by atoms with Crippen molar-refractivity contribution in [2.75, 3.05) is 0 Å². The molecule has 0 fully saturated rings. The molecule has 0 spiro atoms. The molecule has 0 unspecified atom stereocenters. The molecule has 0 bridgehead atoms. The Morgan fingerprint density at radius 2 is 1.42 bits per heavy atom. The fourth-order valence-electron chi connectivity index (χ4n) is 4.62. The van der Waals surface area contributed by atoms with Crippen LogP contribution in [0.3, 0.4) is 0 Å². The van der Waals surface area contributed by atoms with Crippen LogP contribution in [-0.4, -0.2) is 4.98 Å². The molecule has 0 saturated heterocycles. The fourth-order valence-corrected chi connectivity index (χ4v) is 4.79. The molecule has 4 aromatic carbocycles. The van der Waals surface area contributed by atoms with E-state index >= 15 is 0 Å². The Labute approximate surface area is 186 Å². The minimum absolute atomic E-state index is 0.759. The number of rotatable bonds is 2. The highest BCUT2D eigenvalue weighted by atomic mass is 35.5. The molecule has 1 heterocycles. The van der Waals surface area contributed by atoms with Crippen LogP contribution in [0, 0.1) is 0 Å². The molecule has 5 aromatic rings. The van der Waals surface area contributed by atoms with Crippen LogP contribution in [0.1, 0.15) is 16.8 Å². The Bertz CT molecular complexity index is 1510. The third kappa shape index (κ3) is 3.19. The number of aromatic nitrogens is 1. The summed E-state index contributed by atoms with van der Waals surface area (Å²) in [6, 6.07) is 25.6. The summed E-state index contributed by atoms with van der Waals surface area (Å²) in [5, 5.41) is 7.15. The van der Waals surface area contributed by atoms with Gasteiger partial charge in [0, 0.05) is 27.2 Å². The average molecular weight is 418 g/mol. The number of hydrogen-bond acceptors (Lipinski definition) is 0. The van der Waals surface area contributed by atoms with Gasteiger partial charge in [-0.3, -0.25) is 0 Å². The molecule has 0 aliphatic heterocycles. The summed E-state index contributed by atoms with van der Waals surface area (Å²) < 4.78 is 0. The van der Waals surface area contributed by atoms with Crippen molar-refractivity contribution in [2.45, 2.75) is 6.42 Å². The number of aromatic amines is 1. The molecule has 0 saturated carbocycles. The normalized spacial score (nSPS) is 14.5. The average Bonchev–Trinajstić information content (AvgIpc) is 3.01. The molecule has 6 rings (SSSR count). The van der Waals surface area contributed by atoms with E-state index in [-0.39, 0.29) is 0 Å². The van der Waals surface area contributed by atoms with E-state index < -0.39 is 0 Å². The van der Waals surface area contributed by atoms with Crippen molar-refractivity contribution in [2.24, 2.45) is 0 Å². The summed E-state index contributed by atoms with van der Waals surface area (Å²) in [6.07, 6.45) is 11.9. The summed E-state index contributed by atoms with van der Waals surface area (Å²) in [6.45, 7) is 0. The number of allylic oxidation sites excluding steroid dienone is 4. The second kappa shape index (κ2) is 7.30. The highest BCUT2D eigenvalue weighted by molar-refractivity contribution is 6.31. The predicted octanol–water partition coefficient (Wildman–Crippen LogP) is 8.34. The molecule has 148 valence electrons. The number of H-pyrrole nitrogens is 1. The van der Waals surface area contributed by atoms with Crippen molar-refractivity contribution >= 4 is 56.2 Å². The summed E-state index contributed by atoms with van der Waals surface area (Å²) >= 11 is 6.23. The van der Waals surface area contributed by atoms with Crippen LogP contribution < -0.4 is 0 Å². The SMILES string of the molecule is Clc1ccc2[nH]c3c(c2c1)C=C/C(=C\Cc1c2ccccc2cc2ccccc12)C=C3. The highest BCUT2D eigenvalue weighted by Gasteiger charge is 2.10. The van der Waals surface area contributed by atoms with Gasteiger partial charge in [0.1, 0.15) is 0 Å². The van der Waals surface area contributed by atoms with Crippen LogP contribution in [0.5, 0.6) is 0 Å². The number of fused-ring (bicyclic) bond motifs is 5. The van der Waals surface area contributed by atoms with Crippen molar-refractivity contribution in [1.29, 1.82) is 0 Å². The standard InChI is InChI=1S/C29H20ClN/c30-22-12-16-29-27(18-22)26-14-10-19(11-15-28(26)31-29)9-13-25-23-7-3-1-5-20(23)17-21-6-2-4-8-24(21)25/h1-12,14-18,31H,13H2/b19-9+. The molecule has 1 aliphatic carbocycles. The highest BCUT2D eigenvalue weighted by Crippen LogP contribution is 2.32. The van der Waals surface area contributed by atoms with Gasteiger partial charge in [-0.05, 0) is 69.4 Å². The Morgan fingerprint density at radius 1 is 0.710 bits per heavy atom. The Balaban J connectivity index is 1.42. The molecule has 1 aliphatic rings. The van der Waals surface area contributed by atoms with Gasteiger partial charge in [-0.1, -0.05) is 84.4 Å². The van der Waals surface area contributed by atoms with Crippen LogP contribution in [0.2, 0.25) is 5.02 Å². The van der Waals surface area contributed by atoms with Crippen molar-refractivity contribution in [3.63, 3.8) is 0 Å². The zero-order valence-corrected chi connectivity index (χ0v) is 17.7. The van der Waals surface area contributed by atoms with Gasteiger partial charge in [-0.15, -0.1) is 0 Å². The summed E-state index contributed by atoms with van der Waals surface area (Å²) in [4.78, 5) is 3.50. The molecule has 2 heteroatoms. The fraction of sp³-hybridized carbons (Fsp3) is 0.0345. The van der Waals surface area contributed by atoms with E-state index in [4.69, 9.17) is 11.6 Å². The lowest BCUT2D eigenvalue weighted by molar-refractivity contribution is 1.31. The molecule has 1 aromatic heterocycles. The predicted molar refractivity (Wildman–Crippen MR) is 135 cm³/mol. The zero-order chi connectivity index (χ0) is 20.8. The van der Waals surface area contributed by atoms with Crippen molar-refractivity contribution in [3.8, 4) is 0 Å². The summed E-state index contributed by atoms with van der Waals surface area (Å²) in [5.41, 5.74) is 6.00. The lowest BCUT2D eigenvalue weighted by Crippen LogP contribution is -1.89. The molecule has 1 N–H and O–H groups in total. The van der Waals surface area contributed by atoms with E-state index in [1.54, 1.807) is 0 Å². The molecule has 0 amide bonds. The van der Waals surface area contributed by atoms with Crippen molar-refractivity contribution < 1.29 is 0 Å². The Hall–Kier alpha value is -3.55. The molecule has 0 radical (unpaired) electrons. The van der Waals surface area contributed by atoms with Crippen LogP contribution >= 0.6 is 11.6 Å². The Morgan fingerprint density at radius 3 is 2.19 bits per heavy atom. The second-order valence-corrected chi connectivity index (χ2v) is 8.45.